The van der Waals surface area contributed by atoms with Crippen molar-refractivity contribution < 1.29 is 9.47 Å². The van der Waals surface area contributed by atoms with Crippen molar-refractivity contribution in [3.8, 4) is 5.75 Å². The molecule has 0 unspecified atom stereocenters. The summed E-state index contributed by atoms with van der Waals surface area (Å²) in [5.41, 5.74) is 1.45. The molecule has 1 aliphatic rings. The summed E-state index contributed by atoms with van der Waals surface area (Å²) in [4.78, 5) is 0. The van der Waals surface area contributed by atoms with Crippen LogP contribution in [0.1, 0.15) is 25.3 Å². The van der Waals surface area contributed by atoms with Crippen LogP contribution in [0.3, 0.4) is 0 Å². The molecular weight excluding hydrogens is 294 g/mol. The largest absolute Gasteiger partial charge is 0.497 e. The Morgan fingerprint density at radius 3 is 2.72 bits per heavy atom. The van der Waals surface area contributed by atoms with Crippen molar-refractivity contribution in [2.45, 2.75) is 31.8 Å². The van der Waals surface area contributed by atoms with E-state index < -0.39 is 0 Å². The van der Waals surface area contributed by atoms with Crippen LogP contribution in [-0.2, 0) is 11.3 Å². The lowest BCUT2D eigenvalue weighted by Crippen LogP contribution is -2.46. The monoisotopic (exact) mass is 313 g/mol. The molecule has 0 aromatic heterocycles. The van der Waals surface area contributed by atoms with E-state index in [1.54, 1.807) is 7.11 Å². The molecule has 0 atom stereocenters. The topological polar surface area (TPSA) is 30.5 Å². The van der Waals surface area contributed by atoms with E-state index in [9.17, 15) is 0 Å². The van der Waals surface area contributed by atoms with Crippen LogP contribution in [0.5, 0.6) is 5.75 Å². The van der Waals surface area contributed by atoms with Gasteiger partial charge < -0.3 is 14.8 Å². The molecule has 0 saturated carbocycles. The smallest absolute Gasteiger partial charge is 0.120 e. The van der Waals surface area contributed by atoms with Crippen LogP contribution in [0.15, 0.2) is 22.7 Å². The molecule has 1 fully saturated rings. The van der Waals surface area contributed by atoms with Crippen LogP contribution in [0, 0.1) is 0 Å². The van der Waals surface area contributed by atoms with Gasteiger partial charge in [0, 0.05) is 29.8 Å². The van der Waals surface area contributed by atoms with Crippen molar-refractivity contribution in [2.75, 3.05) is 20.3 Å². The van der Waals surface area contributed by atoms with Gasteiger partial charge in [-0.25, -0.2) is 0 Å². The van der Waals surface area contributed by atoms with Crippen molar-refractivity contribution in [1.29, 1.82) is 0 Å². The molecule has 4 heteroatoms. The van der Waals surface area contributed by atoms with Gasteiger partial charge >= 0.3 is 0 Å². The van der Waals surface area contributed by atoms with Crippen molar-refractivity contribution in [3.05, 3.63) is 28.2 Å². The molecule has 100 valence electrons. The minimum absolute atomic E-state index is 0.192. The fourth-order valence-corrected chi connectivity index (χ4v) is 2.60. The highest BCUT2D eigenvalue weighted by Gasteiger charge is 2.26. The second-order valence-electron chi connectivity index (χ2n) is 4.98. The Bertz CT molecular complexity index is 403. The molecule has 2 rings (SSSR count). The van der Waals surface area contributed by atoms with Gasteiger partial charge in [-0.15, -0.1) is 0 Å². The maximum Gasteiger partial charge on any atom is 0.120 e. The second-order valence-corrected chi connectivity index (χ2v) is 5.84. The van der Waals surface area contributed by atoms with Gasteiger partial charge in [0.25, 0.3) is 0 Å². The zero-order valence-electron chi connectivity index (χ0n) is 11.0. The van der Waals surface area contributed by atoms with E-state index in [1.165, 1.54) is 5.56 Å². The van der Waals surface area contributed by atoms with Crippen LogP contribution in [-0.4, -0.2) is 25.9 Å². The van der Waals surface area contributed by atoms with E-state index in [0.717, 1.165) is 42.8 Å². The van der Waals surface area contributed by atoms with E-state index in [-0.39, 0.29) is 5.54 Å². The Kier molecular flexibility index (Phi) is 4.65. The third kappa shape index (κ3) is 3.46. The molecule has 1 aliphatic heterocycles. The van der Waals surface area contributed by atoms with E-state index in [2.05, 4.69) is 34.2 Å². The normalized spacial score (nSPS) is 18.6. The van der Waals surface area contributed by atoms with E-state index in [1.807, 2.05) is 12.1 Å². The molecular formula is C14H20BrNO2. The van der Waals surface area contributed by atoms with Gasteiger partial charge in [-0.2, -0.15) is 0 Å². The second kappa shape index (κ2) is 6.04. The summed E-state index contributed by atoms with van der Waals surface area (Å²) in [6.45, 7) is 4.84. The standard InChI is InChI=1S/C14H20BrNO2/c1-14(5-7-18-8-6-14)16-10-11-3-4-12(17-2)9-13(11)15/h3-4,9,16H,5-8,10H2,1-2H3. The molecule has 0 radical (unpaired) electrons. The lowest BCUT2D eigenvalue weighted by molar-refractivity contribution is 0.0446. The lowest BCUT2D eigenvalue weighted by atomic mass is 9.92. The minimum atomic E-state index is 0.192. The molecule has 3 nitrogen and oxygen atoms in total. The van der Waals surface area contributed by atoms with Crippen molar-refractivity contribution >= 4 is 15.9 Å². The molecule has 0 aliphatic carbocycles. The summed E-state index contributed by atoms with van der Waals surface area (Å²) in [6, 6.07) is 6.09. The van der Waals surface area contributed by atoms with E-state index in [4.69, 9.17) is 9.47 Å². The molecule has 0 spiro atoms. The van der Waals surface area contributed by atoms with Gasteiger partial charge in [0.05, 0.1) is 7.11 Å². The molecule has 18 heavy (non-hydrogen) atoms. The predicted octanol–water partition coefficient (Wildman–Crippen LogP) is 3.12. The molecule has 1 saturated heterocycles. The predicted molar refractivity (Wildman–Crippen MR) is 76.0 cm³/mol. The Morgan fingerprint density at radius 2 is 2.11 bits per heavy atom. The summed E-state index contributed by atoms with van der Waals surface area (Å²) in [6.07, 6.45) is 2.14. The average Bonchev–Trinajstić information content (AvgIpc) is 2.38. The Labute approximate surface area is 117 Å². The first kappa shape index (κ1) is 13.8. The number of hydrogen-bond acceptors (Lipinski definition) is 3. The molecule has 1 N–H and O–H groups in total. The minimum Gasteiger partial charge on any atom is -0.497 e. The van der Waals surface area contributed by atoms with Gasteiger partial charge in [-0.05, 0) is 37.5 Å². The van der Waals surface area contributed by atoms with Crippen molar-refractivity contribution in [2.24, 2.45) is 0 Å². The summed E-state index contributed by atoms with van der Waals surface area (Å²) in [7, 11) is 1.68. The summed E-state index contributed by atoms with van der Waals surface area (Å²) in [5, 5.41) is 3.64. The van der Waals surface area contributed by atoms with Gasteiger partial charge in [0.2, 0.25) is 0 Å². The van der Waals surface area contributed by atoms with Gasteiger partial charge in [0.15, 0.2) is 0 Å². The van der Waals surface area contributed by atoms with Gasteiger partial charge in [-0.3, -0.25) is 0 Å². The molecule has 1 aromatic carbocycles. The van der Waals surface area contributed by atoms with Crippen LogP contribution in [0.4, 0.5) is 0 Å². The van der Waals surface area contributed by atoms with Gasteiger partial charge in [0.1, 0.15) is 5.75 Å². The third-order valence-corrected chi connectivity index (χ3v) is 4.30. The molecule has 1 aromatic rings. The average molecular weight is 314 g/mol. The molecule has 0 amide bonds. The number of nitrogens with one attached hydrogen (secondary N) is 1. The Morgan fingerprint density at radius 1 is 1.39 bits per heavy atom. The zero-order valence-corrected chi connectivity index (χ0v) is 12.5. The third-order valence-electron chi connectivity index (χ3n) is 3.56. The fourth-order valence-electron chi connectivity index (χ4n) is 2.11. The summed E-state index contributed by atoms with van der Waals surface area (Å²) in [5.74, 6) is 0.878. The lowest BCUT2D eigenvalue weighted by Gasteiger charge is -2.34. The Balaban J connectivity index is 1.97. The number of ether oxygens (including phenoxy) is 2. The van der Waals surface area contributed by atoms with Crippen LogP contribution in [0.25, 0.3) is 0 Å². The molecule has 1 heterocycles. The number of hydrogen-bond donors (Lipinski definition) is 1. The number of halogens is 1. The number of methoxy groups -OCH3 is 1. The Hall–Kier alpha value is -0.580. The van der Waals surface area contributed by atoms with E-state index in [0.29, 0.717) is 0 Å². The highest BCUT2D eigenvalue weighted by Crippen LogP contribution is 2.25. The zero-order chi connectivity index (χ0) is 13.0. The van der Waals surface area contributed by atoms with Crippen LogP contribution in [0.2, 0.25) is 0 Å². The first-order valence-electron chi connectivity index (χ1n) is 6.28. The van der Waals surface area contributed by atoms with Crippen molar-refractivity contribution in [1.82, 2.24) is 5.32 Å². The maximum atomic E-state index is 5.41. The van der Waals surface area contributed by atoms with Crippen LogP contribution < -0.4 is 10.1 Å². The number of benzene rings is 1. The quantitative estimate of drug-likeness (QED) is 0.926. The fraction of sp³-hybridized carbons (Fsp3) is 0.571. The van der Waals surface area contributed by atoms with Gasteiger partial charge in [-0.1, -0.05) is 22.0 Å². The highest BCUT2D eigenvalue weighted by atomic mass is 79.9. The first-order chi connectivity index (χ1) is 8.63. The summed E-state index contributed by atoms with van der Waals surface area (Å²) >= 11 is 3.59. The summed E-state index contributed by atoms with van der Waals surface area (Å²) < 4.78 is 11.7. The first-order valence-corrected chi connectivity index (χ1v) is 7.07. The number of rotatable bonds is 4. The maximum absolute atomic E-state index is 5.41. The molecule has 0 bridgehead atoms. The van der Waals surface area contributed by atoms with Crippen molar-refractivity contribution in [3.63, 3.8) is 0 Å². The highest BCUT2D eigenvalue weighted by molar-refractivity contribution is 9.10. The van der Waals surface area contributed by atoms with Crippen LogP contribution >= 0.6 is 15.9 Å². The SMILES string of the molecule is COc1ccc(CNC2(C)CCOCC2)c(Br)c1. The van der Waals surface area contributed by atoms with E-state index >= 15 is 0 Å².